The molecule has 7 heteroatoms. The fraction of sp³-hybridized carbons (Fsp3) is 0.467. The van der Waals surface area contributed by atoms with E-state index in [-0.39, 0.29) is 17.4 Å². The van der Waals surface area contributed by atoms with Gasteiger partial charge in [0, 0.05) is 24.2 Å². The van der Waals surface area contributed by atoms with Crippen LogP contribution in [-0.4, -0.2) is 46.6 Å². The van der Waals surface area contributed by atoms with Crippen molar-refractivity contribution in [3.8, 4) is 0 Å². The summed E-state index contributed by atoms with van der Waals surface area (Å²) in [5.74, 6) is -1.63. The molecule has 1 fully saturated rings. The van der Waals surface area contributed by atoms with Crippen LogP contribution in [0, 0.1) is 13.8 Å². The first kappa shape index (κ1) is 15.9. The van der Waals surface area contributed by atoms with Gasteiger partial charge in [-0.2, -0.15) is 0 Å². The molecule has 2 heterocycles. The second-order valence-electron chi connectivity index (χ2n) is 5.30. The van der Waals surface area contributed by atoms with Crippen molar-refractivity contribution in [3.05, 3.63) is 22.5 Å². The predicted octanol–water partition coefficient (Wildman–Crippen LogP) is 1.14. The van der Waals surface area contributed by atoms with Crippen molar-refractivity contribution >= 4 is 23.6 Å². The number of nitrogens with one attached hydrogen (secondary N) is 1. The molecule has 118 valence electrons. The normalized spacial score (nSPS) is 14.3. The van der Waals surface area contributed by atoms with Gasteiger partial charge < -0.3 is 9.72 Å². The molecule has 2 rings (SSSR count). The minimum absolute atomic E-state index is 0.149. The molecule has 0 radical (unpaired) electrons. The van der Waals surface area contributed by atoms with Gasteiger partial charge in [0.15, 0.2) is 12.4 Å². The van der Waals surface area contributed by atoms with Crippen LogP contribution < -0.4 is 0 Å². The monoisotopic (exact) mass is 306 g/mol. The predicted molar refractivity (Wildman–Crippen MR) is 76.5 cm³/mol. The number of H-pyrrole nitrogens is 1. The number of aryl methyl sites for hydroxylation is 1. The van der Waals surface area contributed by atoms with Crippen LogP contribution in [0.3, 0.4) is 0 Å². The second kappa shape index (κ2) is 6.13. The van der Waals surface area contributed by atoms with E-state index in [2.05, 4.69) is 4.98 Å². The van der Waals surface area contributed by atoms with Crippen molar-refractivity contribution in [2.45, 2.75) is 33.6 Å². The zero-order chi connectivity index (χ0) is 16.4. The number of amides is 2. The minimum Gasteiger partial charge on any atom is -0.451 e. The third-order valence-corrected chi connectivity index (χ3v) is 3.69. The highest BCUT2D eigenvalue weighted by atomic mass is 16.5. The van der Waals surface area contributed by atoms with Crippen LogP contribution in [0.5, 0.6) is 0 Å². The molecular formula is C15H18N2O5. The van der Waals surface area contributed by atoms with Gasteiger partial charge in [-0.25, -0.2) is 4.79 Å². The fourth-order valence-corrected chi connectivity index (χ4v) is 2.67. The molecule has 1 aliphatic rings. The lowest BCUT2D eigenvalue weighted by Crippen LogP contribution is -2.35. The average Bonchev–Trinajstić information content (AvgIpc) is 2.99. The van der Waals surface area contributed by atoms with Crippen molar-refractivity contribution in [2.75, 3.05) is 13.2 Å². The number of hydrogen-bond acceptors (Lipinski definition) is 5. The number of carbonyl (C=O) groups is 4. The van der Waals surface area contributed by atoms with E-state index >= 15 is 0 Å². The van der Waals surface area contributed by atoms with E-state index in [1.807, 2.05) is 0 Å². The van der Waals surface area contributed by atoms with Gasteiger partial charge in [-0.1, -0.05) is 0 Å². The Kier molecular flexibility index (Phi) is 4.44. The zero-order valence-corrected chi connectivity index (χ0v) is 12.8. The summed E-state index contributed by atoms with van der Waals surface area (Å²) in [7, 11) is 0. The van der Waals surface area contributed by atoms with E-state index in [0.29, 0.717) is 36.2 Å². The van der Waals surface area contributed by atoms with E-state index < -0.39 is 18.5 Å². The largest absolute Gasteiger partial charge is 0.451 e. The Hall–Kier alpha value is -2.44. The molecule has 1 aromatic heterocycles. The summed E-state index contributed by atoms with van der Waals surface area (Å²) in [5, 5.41) is 0. The molecule has 1 saturated heterocycles. The highest BCUT2D eigenvalue weighted by Gasteiger charge is 2.28. The Balaban J connectivity index is 2.04. The molecule has 1 N–H and O–H groups in total. The average molecular weight is 306 g/mol. The topological polar surface area (TPSA) is 96.5 Å². The first-order valence-electron chi connectivity index (χ1n) is 7.03. The Labute approximate surface area is 127 Å². The number of imide groups is 1. The van der Waals surface area contributed by atoms with E-state index in [4.69, 9.17) is 4.74 Å². The number of aromatic nitrogens is 1. The van der Waals surface area contributed by atoms with Crippen molar-refractivity contribution in [1.29, 1.82) is 0 Å². The van der Waals surface area contributed by atoms with Gasteiger partial charge in [0.05, 0.1) is 0 Å². The number of esters is 1. The number of nitrogens with zero attached hydrogens (tertiary/aromatic N) is 1. The van der Waals surface area contributed by atoms with Gasteiger partial charge in [0.25, 0.3) is 5.91 Å². The summed E-state index contributed by atoms with van der Waals surface area (Å²) >= 11 is 0. The molecule has 7 nitrogen and oxygen atoms in total. The van der Waals surface area contributed by atoms with E-state index in [0.717, 1.165) is 4.90 Å². The second-order valence-corrected chi connectivity index (χ2v) is 5.30. The maximum atomic E-state index is 12.0. The zero-order valence-electron chi connectivity index (χ0n) is 12.8. The molecule has 0 bridgehead atoms. The van der Waals surface area contributed by atoms with Gasteiger partial charge >= 0.3 is 5.97 Å². The van der Waals surface area contributed by atoms with Gasteiger partial charge in [0.2, 0.25) is 5.91 Å². The lowest BCUT2D eigenvalue weighted by Gasteiger charge is -2.13. The smallest absolute Gasteiger partial charge is 0.355 e. The molecule has 0 saturated carbocycles. The summed E-state index contributed by atoms with van der Waals surface area (Å²) in [6.07, 6.45) is 0.978. The Morgan fingerprint density at radius 1 is 1.27 bits per heavy atom. The van der Waals surface area contributed by atoms with Crippen molar-refractivity contribution in [2.24, 2.45) is 0 Å². The van der Waals surface area contributed by atoms with Gasteiger partial charge in [-0.05, 0) is 32.8 Å². The summed E-state index contributed by atoms with van der Waals surface area (Å²) in [4.78, 5) is 50.7. The third kappa shape index (κ3) is 2.93. The Morgan fingerprint density at radius 3 is 2.45 bits per heavy atom. The molecule has 22 heavy (non-hydrogen) atoms. The lowest BCUT2D eigenvalue weighted by atomic mass is 10.1. The summed E-state index contributed by atoms with van der Waals surface area (Å²) in [6, 6.07) is 0. The first-order valence-corrected chi connectivity index (χ1v) is 7.03. The fourth-order valence-electron chi connectivity index (χ4n) is 2.67. The quantitative estimate of drug-likeness (QED) is 0.664. The standard InChI is InChI=1S/C15H18N2O5/c1-8-13(10(3)18)9(2)16-14(8)15(21)22-7-12(20)17-6-4-5-11(17)19/h16H,4-7H2,1-3H3. The molecule has 0 unspecified atom stereocenters. The van der Waals surface area contributed by atoms with Crippen LogP contribution in [0.2, 0.25) is 0 Å². The number of rotatable bonds is 4. The van der Waals surface area contributed by atoms with Crippen LogP contribution >= 0.6 is 0 Å². The maximum absolute atomic E-state index is 12.0. The van der Waals surface area contributed by atoms with Crippen LogP contribution in [0.1, 0.15) is 51.9 Å². The number of ether oxygens (including phenoxy) is 1. The Morgan fingerprint density at radius 2 is 1.95 bits per heavy atom. The highest BCUT2D eigenvalue weighted by Crippen LogP contribution is 2.19. The lowest BCUT2D eigenvalue weighted by molar-refractivity contribution is -0.143. The van der Waals surface area contributed by atoms with Crippen LogP contribution in [-0.2, 0) is 14.3 Å². The summed E-state index contributed by atoms with van der Waals surface area (Å²) in [5.41, 5.74) is 1.69. The van der Waals surface area contributed by atoms with Crippen LogP contribution in [0.4, 0.5) is 0 Å². The molecule has 2 amide bonds. The Bertz CT molecular complexity index is 659. The minimum atomic E-state index is -0.715. The SMILES string of the molecule is CC(=O)c1c(C)[nH]c(C(=O)OCC(=O)N2CCCC2=O)c1C. The molecule has 0 aliphatic carbocycles. The van der Waals surface area contributed by atoms with Crippen LogP contribution in [0.15, 0.2) is 0 Å². The third-order valence-electron chi connectivity index (χ3n) is 3.69. The molecule has 0 atom stereocenters. The van der Waals surface area contributed by atoms with E-state index in [1.165, 1.54) is 6.92 Å². The first-order chi connectivity index (χ1) is 10.3. The molecule has 0 aromatic carbocycles. The number of Topliss-reactive ketones (excluding diaryl/α,β-unsaturated/α-hetero) is 1. The number of likely N-dealkylation sites (tertiary alicyclic amines) is 1. The summed E-state index contributed by atoms with van der Waals surface area (Å²) < 4.78 is 4.95. The number of ketones is 1. The van der Waals surface area contributed by atoms with Gasteiger partial charge in [0.1, 0.15) is 5.69 Å². The van der Waals surface area contributed by atoms with Crippen LogP contribution in [0.25, 0.3) is 0 Å². The summed E-state index contributed by atoms with van der Waals surface area (Å²) in [6.45, 7) is 4.62. The van der Waals surface area contributed by atoms with Crippen molar-refractivity contribution < 1.29 is 23.9 Å². The maximum Gasteiger partial charge on any atom is 0.355 e. The van der Waals surface area contributed by atoms with Crippen molar-refractivity contribution in [1.82, 2.24) is 9.88 Å². The molecule has 0 spiro atoms. The van der Waals surface area contributed by atoms with E-state index in [1.54, 1.807) is 13.8 Å². The highest BCUT2D eigenvalue weighted by molar-refractivity contribution is 6.02. The molecule has 1 aromatic rings. The van der Waals surface area contributed by atoms with Crippen molar-refractivity contribution in [3.63, 3.8) is 0 Å². The number of aromatic amines is 1. The van der Waals surface area contributed by atoms with E-state index in [9.17, 15) is 19.2 Å². The molecular weight excluding hydrogens is 288 g/mol. The number of carbonyl (C=O) groups excluding carboxylic acids is 4. The van der Waals surface area contributed by atoms with Gasteiger partial charge in [-0.3, -0.25) is 19.3 Å². The number of hydrogen-bond donors (Lipinski definition) is 1. The van der Waals surface area contributed by atoms with Gasteiger partial charge in [-0.15, -0.1) is 0 Å². The molecule has 1 aliphatic heterocycles.